The highest BCUT2D eigenvalue weighted by molar-refractivity contribution is 5.84. The first-order valence-corrected chi connectivity index (χ1v) is 9.86. The third-order valence-corrected chi connectivity index (χ3v) is 5.05. The van der Waals surface area contributed by atoms with Crippen LogP contribution >= 0.6 is 0 Å². The van der Waals surface area contributed by atoms with Crippen molar-refractivity contribution < 1.29 is 14.2 Å². The first-order valence-electron chi connectivity index (χ1n) is 9.86. The monoisotopic (exact) mass is 422 g/mol. The van der Waals surface area contributed by atoms with Gasteiger partial charge in [-0.2, -0.15) is 15.2 Å². The van der Waals surface area contributed by atoms with Gasteiger partial charge in [-0.05, 0) is 0 Å². The number of aryl methyl sites for hydroxylation is 2. The number of pyridine rings is 1. The van der Waals surface area contributed by atoms with E-state index in [2.05, 4.69) is 25.5 Å². The minimum Gasteiger partial charge on any atom is -0.487 e. The van der Waals surface area contributed by atoms with E-state index >= 15 is 0 Å². The predicted octanol–water partition coefficient (Wildman–Crippen LogP) is 2.08. The molecule has 5 heterocycles. The molecule has 11 heteroatoms. The lowest BCUT2D eigenvalue weighted by molar-refractivity contribution is 0.142. The van der Waals surface area contributed by atoms with E-state index in [1.807, 2.05) is 26.2 Å². The summed E-state index contributed by atoms with van der Waals surface area (Å²) in [6, 6.07) is 5.42. The molecule has 11 nitrogen and oxygen atoms in total. The van der Waals surface area contributed by atoms with Crippen LogP contribution in [0.5, 0.6) is 11.6 Å². The number of rotatable bonds is 6. The van der Waals surface area contributed by atoms with Crippen molar-refractivity contribution in [1.29, 1.82) is 0 Å². The molecule has 1 fully saturated rings. The number of anilines is 2. The highest BCUT2D eigenvalue weighted by atomic mass is 16.5. The summed E-state index contributed by atoms with van der Waals surface area (Å²) >= 11 is 0. The molecule has 4 aromatic rings. The molecule has 0 aliphatic carbocycles. The molecule has 1 aliphatic heterocycles. The number of methoxy groups -OCH3 is 1. The second kappa shape index (κ2) is 7.84. The Labute approximate surface area is 178 Å². The SMILES string of the molecule is COc1ccnc(-c2cc(Nc3cc(O[C@H]4CCOC4)c4cnn(C)c4n3)n(C)n2)n1. The maximum atomic E-state index is 6.20. The Kier molecular flexibility index (Phi) is 4.86. The molecule has 0 radical (unpaired) electrons. The van der Waals surface area contributed by atoms with Gasteiger partial charge in [0.2, 0.25) is 5.88 Å². The Hall–Kier alpha value is -3.73. The molecule has 1 aliphatic rings. The Morgan fingerprint density at radius 3 is 2.90 bits per heavy atom. The minimum absolute atomic E-state index is 0.0205. The third kappa shape index (κ3) is 3.75. The summed E-state index contributed by atoms with van der Waals surface area (Å²) in [5, 5.41) is 13.0. The van der Waals surface area contributed by atoms with Gasteiger partial charge in [-0.1, -0.05) is 0 Å². The first kappa shape index (κ1) is 19.2. The van der Waals surface area contributed by atoms with Gasteiger partial charge in [0.1, 0.15) is 29.2 Å². The molecule has 31 heavy (non-hydrogen) atoms. The lowest BCUT2D eigenvalue weighted by atomic mass is 10.3. The van der Waals surface area contributed by atoms with E-state index in [9.17, 15) is 0 Å². The van der Waals surface area contributed by atoms with Gasteiger partial charge >= 0.3 is 0 Å². The highest BCUT2D eigenvalue weighted by Crippen LogP contribution is 2.31. The van der Waals surface area contributed by atoms with Crippen molar-refractivity contribution in [2.75, 3.05) is 25.6 Å². The topological polar surface area (TPSA) is 114 Å². The van der Waals surface area contributed by atoms with Crippen LogP contribution in [-0.4, -0.2) is 60.9 Å². The molecule has 5 rings (SSSR count). The van der Waals surface area contributed by atoms with Gasteiger partial charge in [0, 0.05) is 44.9 Å². The van der Waals surface area contributed by atoms with Crippen molar-refractivity contribution in [1.82, 2.24) is 34.5 Å². The summed E-state index contributed by atoms with van der Waals surface area (Å²) in [6.45, 7) is 1.29. The van der Waals surface area contributed by atoms with E-state index in [1.54, 1.807) is 34.9 Å². The van der Waals surface area contributed by atoms with Crippen molar-refractivity contribution in [3.63, 3.8) is 0 Å². The quantitative estimate of drug-likeness (QED) is 0.499. The average Bonchev–Trinajstić information content (AvgIpc) is 3.51. The Morgan fingerprint density at radius 2 is 2.10 bits per heavy atom. The largest absolute Gasteiger partial charge is 0.487 e. The van der Waals surface area contributed by atoms with E-state index in [4.69, 9.17) is 19.2 Å². The number of aromatic nitrogens is 7. The van der Waals surface area contributed by atoms with Crippen LogP contribution in [0.1, 0.15) is 6.42 Å². The van der Waals surface area contributed by atoms with Gasteiger partial charge in [-0.15, -0.1) is 0 Å². The molecule has 1 saturated heterocycles. The number of nitrogens with zero attached hydrogens (tertiary/aromatic N) is 7. The molecule has 0 unspecified atom stereocenters. The van der Waals surface area contributed by atoms with Crippen molar-refractivity contribution in [3.8, 4) is 23.1 Å². The molecule has 0 bridgehead atoms. The fraction of sp³-hybridized carbons (Fsp3) is 0.350. The summed E-state index contributed by atoms with van der Waals surface area (Å²) in [6.07, 6.45) is 4.28. The van der Waals surface area contributed by atoms with Crippen LogP contribution in [0.4, 0.5) is 11.6 Å². The number of hydrogen-bond acceptors (Lipinski definition) is 9. The summed E-state index contributed by atoms with van der Waals surface area (Å²) < 4.78 is 20.2. The molecule has 0 spiro atoms. The van der Waals surface area contributed by atoms with Gasteiger partial charge in [-0.25, -0.2) is 9.97 Å². The molecule has 160 valence electrons. The highest BCUT2D eigenvalue weighted by Gasteiger charge is 2.21. The fourth-order valence-electron chi connectivity index (χ4n) is 3.44. The van der Waals surface area contributed by atoms with Crippen LogP contribution in [0.2, 0.25) is 0 Å². The van der Waals surface area contributed by atoms with E-state index < -0.39 is 0 Å². The Bertz CT molecular complexity index is 1230. The number of hydrogen-bond donors (Lipinski definition) is 1. The summed E-state index contributed by atoms with van der Waals surface area (Å²) in [5.74, 6) is 3.01. The molecule has 4 aromatic heterocycles. The second-order valence-electron chi connectivity index (χ2n) is 7.20. The molecular formula is C20H22N8O3. The standard InChI is InChI=1S/C20H22N8O3/c1-27-17(8-14(26-27)19-21-6-4-18(25-19)29-3)23-16-9-15(31-12-5-7-30-11-12)13-10-22-28(2)20(13)24-16/h4,6,8-10,12H,5,7,11H2,1-3H3,(H,23,24)/t12-/m0/s1. The van der Waals surface area contributed by atoms with Gasteiger partial charge in [-0.3, -0.25) is 9.36 Å². The van der Waals surface area contributed by atoms with E-state index in [1.165, 1.54) is 0 Å². The fourth-order valence-corrected chi connectivity index (χ4v) is 3.44. The van der Waals surface area contributed by atoms with Gasteiger partial charge in [0.15, 0.2) is 11.5 Å². The lowest BCUT2D eigenvalue weighted by Gasteiger charge is -2.14. The molecule has 0 aromatic carbocycles. The maximum Gasteiger partial charge on any atom is 0.216 e. The van der Waals surface area contributed by atoms with E-state index in [-0.39, 0.29) is 6.10 Å². The zero-order valence-corrected chi connectivity index (χ0v) is 17.4. The normalized spacial score (nSPS) is 16.0. The summed E-state index contributed by atoms with van der Waals surface area (Å²) in [4.78, 5) is 13.3. The van der Waals surface area contributed by atoms with Crippen LogP contribution in [0.25, 0.3) is 22.6 Å². The molecular weight excluding hydrogens is 400 g/mol. The lowest BCUT2D eigenvalue weighted by Crippen LogP contribution is -2.16. The Balaban J connectivity index is 1.47. The van der Waals surface area contributed by atoms with Crippen molar-refractivity contribution in [3.05, 3.63) is 30.6 Å². The van der Waals surface area contributed by atoms with Crippen molar-refractivity contribution in [2.24, 2.45) is 14.1 Å². The van der Waals surface area contributed by atoms with Crippen LogP contribution in [0.3, 0.4) is 0 Å². The van der Waals surface area contributed by atoms with Crippen LogP contribution in [0.15, 0.2) is 30.6 Å². The molecule has 1 N–H and O–H groups in total. The van der Waals surface area contributed by atoms with Crippen LogP contribution in [-0.2, 0) is 18.8 Å². The van der Waals surface area contributed by atoms with Crippen molar-refractivity contribution in [2.45, 2.75) is 12.5 Å². The summed E-state index contributed by atoms with van der Waals surface area (Å²) in [7, 11) is 5.25. The predicted molar refractivity (Wildman–Crippen MR) is 112 cm³/mol. The number of nitrogens with one attached hydrogen (secondary N) is 1. The van der Waals surface area contributed by atoms with Gasteiger partial charge in [0.05, 0.1) is 31.9 Å². The second-order valence-corrected chi connectivity index (χ2v) is 7.20. The van der Waals surface area contributed by atoms with Gasteiger partial charge < -0.3 is 19.5 Å². The van der Waals surface area contributed by atoms with Crippen LogP contribution in [0, 0.1) is 0 Å². The maximum absolute atomic E-state index is 6.20. The molecule has 0 saturated carbocycles. The third-order valence-electron chi connectivity index (χ3n) is 5.05. The number of ether oxygens (including phenoxy) is 3. The molecule has 1 atom stereocenters. The number of fused-ring (bicyclic) bond motifs is 1. The Morgan fingerprint density at radius 1 is 1.19 bits per heavy atom. The smallest absolute Gasteiger partial charge is 0.216 e. The minimum atomic E-state index is 0.0205. The first-order chi connectivity index (χ1) is 15.1. The van der Waals surface area contributed by atoms with Gasteiger partial charge in [0.25, 0.3) is 0 Å². The van der Waals surface area contributed by atoms with Crippen molar-refractivity contribution >= 4 is 22.7 Å². The average molecular weight is 422 g/mol. The van der Waals surface area contributed by atoms with Crippen LogP contribution < -0.4 is 14.8 Å². The summed E-state index contributed by atoms with van der Waals surface area (Å²) in [5.41, 5.74) is 1.34. The zero-order valence-electron chi connectivity index (χ0n) is 17.4. The van der Waals surface area contributed by atoms with E-state index in [0.717, 1.165) is 29.0 Å². The zero-order chi connectivity index (χ0) is 21.4. The van der Waals surface area contributed by atoms with E-state index in [0.29, 0.717) is 36.4 Å². The molecule has 0 amide bonds.